The highest BCUT2D eigenvalue weighted by molar-refractivity contribution is 5.78. The van der Waals surface area contributed by atoms with Gasteiger partial charge in [-0.05, 0) is 25.3 Å². The summed E-state index contributed by atoms with van der Waals surface area (Å²) in [6.07, 6.45) is 7.71. The van der Waals surface area contributed by atoms with Crippen molar-refractivity contribution in [2.24, 2.45) is 5.92 Å². The summed E-state index contributed by atoms with van der Waals surface area (Å²) in [5.74, 6) is 3.11. The van der Waals surface area contributed by atoms with Crippen LogP contribution in [0.3, 0.4) is 0 Å². The van der Waals surface area contributed by atoms with E-state index >= 15 is 0 Å². The third-order valence-electron chi connectivity index (χ3n) is 2.94. The Labute approximate surface area is 98.6 Å². The quantitative estimate of drug-likeness (QED) is 0.726. The molecular formula is C13H22N2O. The fourth-order valence-corrected chi connectivity index (χ4v) is 2.06. The summed E-state index contributed by atoms with van der Waals surface area (Å²) >= 11 is 0. The highest BCUT2D eigenvalue weighted by atomic mass is 16.2. The SMILES string of the molecule is C#CCC(=O)N1CCCC(CNC(C)C)C1. The molecule has 1 N–H and O–H groups in total. The number of nitrogens with zero attached hydrogens (tertiary/aromatic N) is 1. The maximum atomic E-state index is 11.6. The summed E-state index contributed by atoms with van der Waals surface area (Å²) in [4.78, 5) is 13.6. The van der Waals surface area contributed by atoms with E-state index in [0.717, 1.165) is 26.1 Å². The van der Waals surface area contributed by atoms with Crippen LogP contribution in [0.25, 0.3) is 0 Å². The van der Waals surface area contributed by atoms with Gasteiger partial charge in [0.15, 0.2) is 0 Å². The Bertz CT molecular complexity index is 268. The fourth-order valence-electron chi connectivity index (χ4n) is 2.06. The van der Waals surface area contributed by atoms with E-state index in [1.165, 1.54) is 6.42 Å². The number of rotatable bonds is 4. The van der Waals surface area contributed by atoms with Gasteiger partial charge in [0.1, 0.15) is 0 Å². The van der Waals surface area contributed by atoms with Gasteiger partial charge in [-0.1, -0.05) is 19.8 Å². The number of terminal acetylenes is 1. The molecule has 1 rings (SSSR count). The molecular weight excluding hydrogens is 200 g/mol. The van der Waals surface area contributed by atoms with E-state index in [1.54, 1.807) is 0 Å². The van der Waals surface area contributed by atoms with Gasteiger partial charge in [0.05, 0.1) is 6.42 Å². The van der Waals surface area contributed by atoms with Gasteiger partial charge in [0, 0.05) is 19.1 Å². The monoisotopic (exact) mass is 222 g/mol. The van der Waals surface area contributed by atoms with E-state index in [0.29, 0.717) is 12.0 Å². The molecule has 3 heteroatoms. The second kappa shape index (κ2) is 6.55. The van der Waals surface area contributed by atoms with E-state index < -0.39 is 0 Å². The van der Waals surface area contributed by atoms with Crippen molar-refractivity contribution in [1.29, 1.82) is 0 Å². The van der Waals surface area contributed by atoms with Gasteiger partial charge in [0.2, 0.25) is 5.91 Å². The molecule has 1 aliphatic heterocycles. The molecule has 1 atom stereocenters. The molecule has 1 saturated heterocycles. The van der Waals surface area contributed by atoms with Crippen LogP contribution >= 0.6 is 0 Å². The Morgan fingerprint density at radius 3 is 3.00 bits per heavy atom. The minimum Gasteiger partial charge on any atom is -0.342 e. The van der Waals surface area contributed by atoms with Crippen LogP contribution in [0.2, 0.25) is 0 Å². The van der Waals surface area contributed by atoms with Gasteiger partial charge in [-0.15, -0.1) is 6.42 Å². The molecule has 0 aromatic rings. The third kappa shape index (κ3) is 4.24. The molecule has 1 aliphatic rings. The summed E-state index contributed by atoms with van der Waals surface area (Å²) in [5, 5.41) is 3.43. The van der Waals surface area contributed by atoms with Crippen molar-refractivity contribution in [2.45, 2.75) is 39.2 Å². The van der Waals surface area contributed by atoms with Crippen molar-refractivity contribution in [2.75, 3.05) is 19.6 Å². The van der Waals surface area contributed by atoms with Crippen LogP contribution < -0.4 is 5.32 Å². The summed E-state index contributed by atoms with van der Waals surface area (Å²) < 4.78 is 0. The lowest BCUT2D eigenvalue weighted by Crippen LogP contribution is -2.43. The molecule has 1 fully saturated rings. The van der Waals surface area contributed by atoms with Crippen molar-refractivity contribution in [3.05, 3.63) is 0 Å². The normalized spacial score (nSPS) is 20.9. The highest BCUT2D eigenvalue weighted by Crippen LogP contribution is 2.16. The first kappa shape index (κ1) is 13.1. The molecule has 0 aromatic carbocycles. The summed E-state index contributed by atoms with van der Waals surface area (Å²) in [7, 11) is 0. The Morgan fingerprint density at radius 1 is 1.62 bits per heavy atom. The minimum atomic E-state index is 0.108. The lowest BCUT2D eigenvalue weighted by molar-refractivity contribution is -0.131. The number of carbonyl (C=O) groups is 1. The Balaban J connectivity index is 2.35. The number of carbonyl (C=O) groups excluding carboxylic acids is 1. The molecule has 0 aliphatic carbocycles. The minimum absolute atomic E-state index is 0.108. The van der Waals surface area contributed by atoms with Crippen LogP contribution in [0.4, 0.5) is 0 Å². The first-order valence-electron chi connectivity index (χ1n) is 6.08. The van der Waals surface area contributed by atoms with E-state index in [1.807, 2.05) is 4.90 Å². The topological polar surface area (TPSA) is 32.3 Å². The molecule has 0 bridgehead atoms. The predicted molar refractivity (Wildman–Crippen MR) is 65.9 cm³/mol. The van der Waals surface area contributed by atoms with Crippen molar-refractivity contribution < 1.29 is 4.79 Å². The van der Waals surface area contributed by atoms with Crippen LogP contribution in [0.5, 0.6) is 0 Å². The molecule has 1 amide bonds. The standard InChI is InChI=1S/C13H22N2O/c1-4-6-13(16)15-8-5-7-12(10-15)9-14-11(2)3/h1,11-12,14H,5-10H2,2-3H3. The second-order valence-electron chi connectivity index (χ2n) is 4.79. The van der Waals surface area contributed by atoms with Crippen LogP contribution in [-0.2, 0) is 4.79 Å². The lowest BCUT2D eigenvalue weighted by Gasteiger charge is -2.33. The fraction of sp³-hybridized carbons (Fsp3) is 0.769. The number of hydrogen-bond donors (Lipinski definition) is 1. The molecule has 0 saturated carbocycles. The summed E-state index contributed by atoms with van der Waals surface area (Å²) in [5.41, 5.74) is 0. The zero-order valence-electron chi connectivity index (χ0n) is 10.3. The lowest BCUT2D eigenvalue weighted by atomic mass is 9.97. The van der Waals surface area contributed by atoms with Crippen LogP contribution in [-0.4, -0.2) is 36.5 Å². The van der Waals surface area contributed by atoms with Crippen LogP contribution in [0, 0.1) is 18.3 Å². The summed E-state index contributed by atoms with van der Waals surface area (Å²) in [6, 6.07) is 0.511. The average Bonchev–Trinajstić information content (AvgIpc) is 2.27. The number of amides is 1. The van der Waals surface area contributed by atoms with Crippen LogP contribution in [0.1, 0.15) is 33.1 Å². The number of likely N-dealkylation sites (tertiary alicyclic amines) is 1. The maximum absolute atomic E-state index is 11.6. The van der Waals surface area contributed by atoms with Gasteiger partial charge in [-0.3, -0.25) is 4.79 Å². The number of piperidine rings is 1. The third-order valence-corrected chi connectivity index (χ3v) is 2.94. The van der Waals surface area contributed by atoms with E-state index in [2.05, 4.69) is 25.1 Å². The smallest absolute Gasteiger partial charge is 0.234 e. The zero-order chi connectivity index (χ0) is 12.0. The number of nitrogens with one attached hydrogen (secondary N) is 1. The van der Waals surface area contributed by atoms with Crippen molar-refractivity contribution in [3.63, 3.8) is 0 Å². The molecule has 1 unspecified atom stereocenters. The first-order chi connectivity index (χ1) is 7.63. The van der Waals surface area contributed by atoms with Crippen molar-refractivity contribution in [1.82, 2.24) is 10.2 Å². The van der Waals surface area contributed by atoms with Crippen molar-refractivity contribution >= 4 is 5.91 Å². The average molecular weight is 222 g/mol. The maximum Gasteiger partial charge on any atom is 0.234 e. The molecule has 0 aromatic heterocycles. The number of hydrogen-bond acceptors (Lipinski definition) is 2. The van der Waals surface area contributed by atoms with Gasteiger partial charge in [-0.25, -0.2) is 0 Å². The summed E-state index contributed by atoms with van der Waals surface area (Å²) in [6.45, 7) is 7.02. The molecule has 0 radical (unpaired) electrons. The largest absolute Gasteiger partial charge is 0.342 e. The molecule has 90 valence electrons. The van der Waals surface area contributed by atoms with Crippen molar-refractivity contribution in [3.8, 4) is 12.3 Å². The Morgan fingerprint density at radius 2 is 2.38 bits per heavy atom. The molecule has 16 heavy (non-hydrogen) atoms. The predicted octanol–water partition coefficient (Wildman–Crippen LogP) is 1.25. The Kier molecular flexibility index (Phi) is 5.34. The van der Waals surface area contributed by atoms with Gasteiger partial charge in [0.25, 0.3) is 0 Å². The van der Waals surface area contributed by atoms with Gasteiger partial charge in [-0.2, -0.15) is 0 Å². The molecule has 0 spiro atoms. The van der Waals surface area contributed by atoms with E-state index in [9.17, 15) is 4.79 Å². The van der Waals surface area contributed by atoms with Gasteiger partial charge >= 0.3 is 0 Å². The van der Waals surface area contributed by atoms with Gasteiger partial charge < -0.3 is 10.2 Å². The van der Waals surface area contributed by atoms with E-state index in [4.69, 9.17) is 6.42 Å². The molecule has 1 heterocycles. The molecule has 3 nitrogen and oxygen atoms in total. The second-order valence-corrected chi connectivity index (χ2v) is 4.79. The zero-order valence-corrected chi connectivity index (χ0v) is 10.3. The first-order valence-corrected chi connectivity index (χ1v) is 6.08. The highest BCUT2D eigenvalue weighted by Gasteiger charge is 2.22. The Hall–Kier alpha value is -1.01. The van der Waals surface area contributed by atoms with E-state index in [-0.39, 0.29) is 12.3 Å². The van der Waals surface area contributed by atoms with Crippen LogP contribution in [0.15, 0.2) is 0 Å².